The van der Waals surface area contributed by atoms with E-state index in [2.05, 4.69) is 0 Å². The maximum absolute atomic E-state index is 12.4. The van der Waals surface area contributed by atoms with Crippen molar-refractivity contribution in [2.24, 2.45) is 5.92 Å². The first kappa shape index (κ1) is 17.4. The van der Waals surface area contributed by atoms with E-state index >= 15 is 0 Å². The Morgan fingerprint density at radius 1 is 1.24 bits per heavy atom. The van der Waals surface area contributed by atoms with E-state index in [1.54, 1.807) is 14.2 Å². The fourth-order valence-electron chi connectivity index (χ4n) is 3.40. The van der Waals surface area contributed by atoms with Gasteiger partial charge in [-0.3, -0.25) is 9.69 Å². The van der Waals surface area contributed by atoms with Crippen LogP contribution < -0.4 is 9.47 Å². The van der Waals surface area contributed by atoms with Crippen LogP contribution >= 0.6 is 0 Å². The first-order valence-corrected chi connectivity index (χ1v) is 8.51. The van der Waals surface area contributed by atoms with Crippen LogP contribution in [0.5, 0.6) is 11.5 Å². The molecule has 7 heteroatoms. The number of likely N-dealkylation sites (tertiary alicyclic amines) is 1. The van der Waals surface area contributed by atoms with Crippen molar-refractivity contribution in [1.82, 2.24) is 9.80 Å². The molecule has 1 aromatic carbocycles. The Morgan fingerprint density at radius 2 is 2.04 bits per heavy atom. The molecule has 2 saturated heterocycles. The lowest BCUT2D eigenvalue weighted by Gasteiger charge is -2.20. The van der Waals surface area contributed by atoms with E-state index in [0.717, 1.165) is 31.7 Å². The monoisotopic (exact) mass is 348 g/mol. The summed E-state index contributed by atoms with van der Waals surface area (Å²) in [5.74, 6) is 1.84. The van der Waals surface area contributed by atoms with Gasteiger partial charge < -0.3 is 19.1 Å². The van der Waals surface area contributed by atoms with Gasteiger partial charge in [0.2, 0.25) is 5.91 Å². The van der Waals surface area contributed by atoms with Gasteiger partial charge >= 0.3 is 6.09 Å². The largest absolute Gasteiger partial charge is 0.493 e. The van der Waals surface area contributed by atoms with Gasteiger partial charge in [0.15, 0.2) is 11.5 Å². The molecule has 2 fully saturated rings. The number of nitrogens with zero attached hydrogens (tertiary/aromatic N) is 2. The summed E-state index contributed by atoms with van der Waals surface area (Å²) in [7, 11) is 3.25. The Balaban J connectivity index is 1.54. The SMILES string of the molecule is COc1ccc(CC2CCN(C(=O)CN3CCOC3=O)C2)cc1OC. The third kappa shape index (κ3) is 3.97. The minimum atomic E-state index is -0.394. The third-order valence-electron chi connectivity index (χ3n) is 4.78. The van der Waals surface area contributed by atoms with Gasteiger partial charge in [0.25, 0.3) is 0 Å². The summed E-state index contributed by atoms with van der Waals surface area (Å²) in [6, 6.07) is 5.93. The third-order valence-corrected chi connectivity index (χ3v) is 4.78. The Bertz CT molecular complexity index is 648. The van der Waals surface area contributed by atoms with Crippen LogP contribution in [-0.2, 0) is 16.0 Å². The zero-order valence-corrected chi connectivity index (χ0v) is 14.7. The second-order valence-electron chi connectivity index (χ2n) is 6.42. The minimum absolute atomic E-state index is 0.00587. The van der Waals surface area contributed by atoms with Gasteiger partial charge in [-0.15, -0.1) is 0 Å². The van der Waals surface area contributed by atoms with Crippen molar-refractivity contribution in [3.05, 3.63) is 23.8 Å². The molecular weight excluding hydrogens is 324 g/mol. The minimum Gasteiger partial charge on any atom is -0.493 e. The smallest absolute Gasteiger partial charge is 0.410 e. The van der Waals surface area contributed by atoms with Gasteiger partial charge in [-0.2, -0.15) is 0 Å². The molecule has 0 radical (unpaired) electrons. The van der Waals surface area contributed by atoms with E-state index in [1.165, 1.54) is 10.5 Å². The molecule has 1 unspecified atom stereocenters. The highest BCUT2D eigenvalue weighted by atomic mass is 16.6. The molecule has 0 N–H and O–H groups in total. The fourth-order valence-corrected chi connectivity index (χ4v) is 3.40. The normalized spacial score (nSPS) is 19.9. The van der Waals surface area contributed by atoms with E-state index in [9.17, 15) is 9.59 Å². The number of hydrogen-bond acceptors (Lipinski definition) is 5. The molecule has 2 heterocycles. The van der Waals surface area contributed by atoms with Crippen LogP contribution in [0.25, 0.3) is 0 Å². The summed E-state index contributed by atoms with van der Waals surface area (Å²) in [5, 5.41) is 0. The highest BCUT2D eigenvalue weighted by Gasteiger charge is 2.30. The fraction of sp³-hybridized carbons (Fsp3) is 0.556. The van der Waals surface area contributed by atoms with Crippen LogP contribution in [0.2, 0.25) is 0 Å². The molecule has 0 aliphatic carbocycles. The molecule has 136 valence electrons. The molecule has 0 saturated carbocycles. The molecule has 2 aliphatic rings. The summed E-state index contributed by atoms with van der Waals surface area (Å²) in [5.41, 5.74) is 1.17. The van der Waals surface area contributed by atoms with E-state index in [1.807, 2.05) is 23.1 Å². The Hall–Kier alpha value is -2.44. The standard InChI is InChI=1S/C18H24N2O5/c1-23-15-4-3-13(10-16(15)24-2)9-14-5-6-19(11-14)17(21)12-20-7-8-25-18(20)22/h3-4,10,14H,5-9,11-12H2,1-2H3. The zero-order valence-electron chi connectivity index (χ0n) is 14.7. The number of benzene rings is 1. The molecule has 0 aromatic heterocycles. The van der Waals surface area contributed by atoms with Crippen molar-refractivity contribution < 1.29 is 23.8 Å². The van der Waals surface area contributed by atoms with Crippen molar-refractivity contribution >= 4 is 12.0 Å². The van der Waals surface area contributed by atoms with Gasteiger partial charge in [-0.25, -0.2) is 4.79 Å². The van der Waals surface area contributed by atoms with Crippen LogP contribution in [0.15, 0.2) is 18.2 Å². The summed E-state index contributed by atoms with van der Waals surface area (Å²) >= 11 is 0. The zero-order chi connectivity index (χ0) is 17.8. The topological polar surface area (TPSA) is 68.3 Å². The van der Waals surface area contributed by atoms with Gasteiger partial charge in [-0.1, -0.05) is 6.07 Å². The average molecular weight is 348 g/mol. The number of amides is 2. The van der Waals surface area contributed by atoms with Crippen molar-refractivity contribution in [3.8, 4) is 11.5 Å². The van der Waals surface area contributed by atoms with E-state index in [0.29, 0.717) is 24.8 Å². The number of carbonyl (C=O) groups excluding carboxylic acids is 2. The lowest BCUT2D eigenvalue weighted by molar-refractivity contribution is -0.130. The predicted molar refractivity (Wildman–Crippen MR) is 90.9 cm³/mol. The Kier molecular flexibility index (Phi) is 5.31. The maximum Gasteiger partial charge on any atom is 0.410 e. The van der Waals surface area contributed by atoms with Gasteiger partial charge in [0.05, 0.1) is 20.8 Å². The molecule has 1 atom stereocenters. The molecule has 2 amide bonds. The number of hydrogen-bond donors (Lipinski definition) is 0. The molecular formula is C18H24N2O5. The molecule has 7 nitrogen and oxygen atoms in total. The van der Waals surface area contributed by atoms with Crippen molar-refractivity contribution in [1.29, 1.82) is 0 Å². The average Bonchev–Trinajstić information content (AvgIpc) is 3.24. The maximum atomic E-state index is 12.4. The predicted octanol–water partition coefficient (Wildman–Crippen LogP) is 1.55. The van der Waals surface area contributed by atoms with E-state index in [4.69, 9.17) is 14.2 Å². The summed E-state index contributed by atoms with van der Waals surface area (Å²) < 4.78 is 15.5. The number of rotatable bonds is 6. The van der Waals surface area contributed by atoms with E-state index in [-0.39, 0.29) is 12.5 Å². The van der Waals surface area contributed by atoms with Crippen LogP contribution in [-0.4, -0.2) is 68.8 Å². The summed E-state index contributed by atoms with van der Waals surface area (Å²) in [4.78, 5) is 27.1. The lowest BCUT2D eigenvalue weighted by atomic mass is 9.98. The number of cyclic esters (lactones) is 1. The Labute approximate surface area is 147 Å². The number of methoxy groups -OCH3 is 2. The lowest BCUT2D eigenvalue weighted by Crippen LogP contribution is -2.39. The first-order valence-electron chi connectivity index (χ1n) is 8.51. The summed E-state index contributed by atoms with van der Waals surface area (Å²) in [6.45, 7) is 2.43. The van der Waals surface area contributed by atoms with Crippen molar-refractivity contribution in [2.45, 2.75) is 12.8 Å². The molecule has 0 spiro atoms. The molecule has 1 aromatic rings. The Morgan fingerprint density at radius 3 is 2.72 bits per heavy atom. The van der Waals surface area contributed by atoms with Crippen LogP contribution in [0.4, 0.5) is 4.79 Å². The molecule has 25 heavy (non-hydrogen) atoms. The van der Waals surface area contributed by atoms with Crippen LogP contribution in [0.3, 0.4) is 0 Å². The van der Waals surface area contributed by atoms with Crippen molar-refractivity contribution in [3.63, 3.8) is 0 Å². The van der Waals surface area contributed by atoms with Gasteiger partial charge in [-0.05, 0) is 36.5 Å². The highest BCUT2D eigenvalue weighted by molar-refractivity contribution is 5.83. The van der Waals surface area contributed by atoms with Gasteiger partial charge in [0, 0.05) is 13.1 Å². The second-order valence-corrected chi connectivity index (χ2v) is 6.42. The van der Waals surface area contributed by atoms with E-state index < -0.39 is 6.09 Å². The van der Waals surface area contributed by atoms with Gasteiger partial charge in [0.1, 0.15) is 13.2 Å². The van der Waals surface area contributed by atoms with Crippen molar-refractivity contribution in [2.75, 3.05) is 47.0 Å². The second kappa shape index (κ2) is 7.63. The van der Waals surface area contributed by atoms with Crippen LogP contribution in [0.1, 0.15) is 12.0 Å². The highest BCUT2D eigenvalue weighted by Crippen LogP contribution is 2.30. The molecule has 2 aliphatic heterocycles. The number of ether oxygens (including phenoxy) is 3. The van der Waals surface area contributed by atoms with Crippen LogP contribution in [0, 0.1) is 5.92 Å². The quantitative estimate of drug-likeness (QED) is 0.780. The number of carbonyl (C=O) groups is 2. The molecule has 3 rings (SSSR count). The first-order chi connectivity index (χ1) is 12.1. The molecule has 0 bridgehead atoms. The summed E-state index contributed by atoms with van der Waals surface area (Å²) in [6.07, 6.45) is 1.45.